The molecule has 0 aromatic heterocycles. The molecule has 1 fully saturated rings. The number of hydrogen-bond acceptors (Lipinski definition) is 4. The fourth-order valence-electron chi connectivity index (χ4n) is 3.61. The number of nitrogens with zero attached hydrogens (tertiary/aromatic N) is 2. The molecular weight excluding hydrogens is 374 g/mol. The summed E-state index contributed by atoms with van der Waals surface area (Å²) >= 11 is 6.13. The van der Waals surface area contributed by atoms with Gasteiger partial charge in [-0.05, 0) is 43.2 Å². The highest BCUT2D eigenvalue weighted by atomic mass is 35.5. The van der Waals surface area contributed by atoms with Gasteiger partial charge in [-0.1, -0.05) is 29.8 Å². The number of benzene rings is 2. The van der Waals surface area contributed by atoms with Crippen molar-refractivity contribution in [1.29, 1.82) is 0 Å². The number of methoxy groups -OCH3 is 1. The van der Waals surface area contributed by atoms with Crippen molar-refractivity contribution in [2.75, 3.05) is 45.2 Å². The smallest absolute Gasteiger partial charge is 0.238 e. The number of carbonyl (C=O) groups is 1. The van der Waals surface area contributed by atoms with Gasteiger partial charge in [0.05, 0.1) is 13.7 Å². The zero-order valence-corrected chi connectivity index (χ0v) is 17.6. The van der Waals surface area contributed by atoms with Gasteiger partial charge in [0, 0.05) is 49.0 Å². The normalized spacial score (nSPS) is 15.4. The van der Waals surface area contributed by atoms with Crippen molar-refractivity contribution in [2.45, 2.75) is 20.4 Å². The first-order valence-corrected chi connectivity index (χ1v) is 9.97. The van der Waals surface area contributed by atoms with E-state index in [2.05, 4.69) is 15.1 Å². The standard InChI is InChI=1S/C22H28ClN3O2/c1-16-5-4-6-17(2)22(16)24-21(27)15-26-11-9-25(10-12-26)14-18-13-19(23)7-8-20(18)28-3/h4-8,13H,9-12,14-15H2,1-3H3,(H,24,27). The molecule has 2 aromatic rings. The molecule has 28 heavy (non-hydrogen) atoms. The maximum atomic E-state index is 12.5. The molecule has 2 aromatic carbocycles. The number of carbonyl (C=O) groups excluding carboxylic acids is 1. The quantitative estimate of drug-likeness (QED) is 0.801. The molecule has 1 saturated heterocycles. The number of aryl methyl sites for hydroxylation is 2. The van der Waals surface area contributed by atoms with Crippen LogP contribution in [-0.4, -0.2) is 55.5 Å². The number of hydrogen-bond donors (Lipinski definition) is 1. The molecule has 0 spiro atoms. The minimum absolute atomic E-state index is 0.0439. The predicted molar refractivity (Wildman–Crippen MR) is 114 cm³/mol. The Morgan fingerprint density at radius 3 is 2.36 bits per heavy atom. The van der Waals surface area contributed by atoms with Crippen LogP contribution in [0.25, 0.3) is 0 Å². The average Bonchev–Trinajstić information content (AvgIpc) is 2.67. The fraction of sp³-hybridized carbons (Fsp3) is 0.409. The summed E-state index contributed by atoms with van der Waals surface area (Å²) < 4.78 is 5.44. The molecule has 0 aliphatic carbocycles. The summed E-state index contributed by atoms with van der Waals surface area (Å²) in [4.78, 5) is 17.1. The zero-order valence-electron chi connectivity index (χ0n) is 16.8. The van der Waals surface area contributed by atoms with Crippen LogP contribution in [0, 0.1) is 13.8 Å². The van der Waals surface area contributed by atoms with E-state index in [9.17, 15) is 4.79 Å². The lowest BCUT2D eigenvalue weighted by Crippen LogP contribution is -2.48. The lowest BCUT2D eigenvalue weighted by atomic mass is 10.1. The van der Waals surface area contributed by atoms with Crippen molar-refractivity contribution in [2.24, 2.45) is 0 Å². The molecular formula is C22H28ClN3O2. The number of anilines is 1. The maximum absolute atomic E-state index is 12.5. The van der Waals surface area contributed by atoms with E-state index in [1.165, 1.54) is 0 Å². The molecule has 5 nitrogen and oxygen atoms in total. The fourth-order valence-corrected chi connectivity index (χ4v) is 3.81. The Morgan fingerprint density at radius 1 is 1.07 bits per heavy atom. The van der Waals surface area contributed by atoms with E-state index >= 15 is 0 Å². The Hall–Kier alpha value is -2.08. The van der Waals surface area contributed by atoms with Crippen LogP contribution < -0.4 is 10.1 Å². The van der Waals surface area contributed by atoms with Gasteiger partial charge in [0.1, 0.15) is 5.75 Å². The van der Waals surface area contributed by atoms with Crippen LogP contribution in [-0.2, 0) is 11.3 Å². The number of nitrogens with one attached hydrogen (secondary N) is 1. The summed E-state index contributed by atoms with van der Waals surface area (Å²) in [5.41, 5.74) is 4.21. The average molecular weight is 402 g/mol. The molecule has 0 saturated carbocycles. The summed E-state index contributed by atoms with van der Waals surface area (Å²) in [5, 5.41) is 3.79. The van der Waals surface area contributed by atoms with Crippen LogP contribution in [0.1, 0.15) is 16.7 Å². The second kappa shape index (κ2) is 9.41. The summed E-state index contributed by atoms with van der Waals surface area (Å²) in [7, 11) is 1.68. The number of halogens is 1. The number of para-hydroxylation sites is 1. The van der Waals surface area contributed by atoms with E-state index in [1.54, 1.807) is 7.11 Å². The predicted octanol–water partition coefficient (Wildman–Crippen LogP) is 3.72. The van der Waals surface area contributed by atoms with Gasteiger partial charge >= 0.3 is 0 Å². The highest BCUT2D eigenvalue weighted by Gasteiger charge is 2.20. The van der Waals surface area contributed by atoms with Crippen molar-refractivity contribution in [3.8, 4) is 5.75 Å². The molecule has 0 radical (unpaired) electrons. The van der Waals surface area contributed by atoms with Crippen LogP contribution in [0.2, 0.25) is 5.02 Å². The number of ether oxygens (including phenoxy) is 1. The second-order valence-corrected chi connectivity index (χ2v) is 7.76. The van der Waals surface area contributed by atoms with E-state index in [1.807, 2.05) is 50.2 Å². The van der Waals surface area contributed by atoms with Gasteiger partial charge in [0.2, 0.25) is 5.91 Å². The molecule has 1 amide bonds. The van der Waals surface area contributed by atoms with Gasteiger partial charge in [-0.25, -0.2) is 0 Å². The topological polar surface area (TPSA) is 44.8 Å². The van der Waals surface area contributed by atoms with Crippen LogP contribution in [0.5, 0.6) is 5.75 Å². The zero-order chi connectivity index (χ0) is 20.1. The van der Waals surface area contributed by atoms with E-state index in [4.69, 9.17) is 16.3 Å². The summed E-state index contributed by atoms with van der Waals surface area (Å²) in [6.45, 7) is 8.80. The summed E-state index contributed by atoms with van der Waals surface area (Å²) in [5.74, 6) is 0.905. The first-order valence-electron chi connectivity index (χ1n) is 9.59. The van der Waals surface area contributed by atoms with E-state index in [0.29, 0.717) is 6.54 Å². The first-order chi connectivity index (χ1) is 13.5. The van der Waals surface area contributed by atoms with Gasteiger partial charge in [0.15, 0.2) is 0 Å². The third-order valence-electron chi connectivity index (χ3n) is 5.21. The van der Waals surface area contributed by atoms with E-state index in [-0.39, 0.29) is 5.91 Å². The SMILES string of the molecule is COc1ccc(Cl)cc1CN1CCN(CC(=O)Nc2c(C)cccc2C)CC1. The Labute approximate surface area is 172 Å². The van der Waals surface area contributed by atoms with Crippen LogP contribution in [0.15, 0.2) is 36.4 Å². The van der Waals surface area contributed by atoms with Crippen LogP contribution in [0.3, 0.4) is 0 Å². The van der Waals surface area contributed by atoms with Gasteiger partial charge < -0.3 is 10.1 Å². The summed E-state index contributed by atoms with van der Waals surface area (Å²) in [6, 6.07) is 11.8. The monoisotopic (exact) mass is 401 g/mol. The molecule has 1 N–H and O–H groups in total. The van der Waals surface area contributed by atoms with Crippen molar-refractivity contribution >= 4 is 23.2 Å². The van der Waals surface area contributed by atoms with Gasteiger partial charge in [-0.3, -0.25) is 14.6 Å². The summed E-state index contributed by atoms with van der Waals surface area (Å²) in [6.07, 6.45) is 0. The lowest BCUT2D eigenvalue weighted by Gasteiger charge is -2.34. The Balaban J connectivity index is 1.50. The van der Waals surface area contributed by atoms with Crippen molar-refractivity contribution < 1.29 is 9.53 Å². The molecule has 0 unspecified atom stereocenters. The minimum atomic E-state index is 0.0439. The van der Waals surface area contributed by atoms with Crippen molar-refractivity contribution in [3.05, 3.63) is 58.1 Å². The highest BCUT2D eigenvalue weighted by molar-refractivity contribution is 6.30. The molecule has 3 rings (SSSR count). The number of rotatable bonds is 6. The third kappa shape index (κ3) is 5.25. The largest absolute Gasteiger partial charge is 0.496 e. The van der Waals surface area contributed by atoms with Gasteiger partial charge in [-0.15, -0.1) is 0 Å². The van der Waals surface area contributed by atoms with E-state index < -0.39 is 0 Å². The number of piperazine rings is 1. The van der Waals surface area contributed by atoms with E-state index in [0.717, 1.165) is 65.9 Å². The molecule has 0 atom stereocenters. The molecule has 0 bridgehead atoms. The molecule has 150 valence electrons. The molecule has 1 heterocycles. The van der Waals surface area contributed by atoms with Gasteiger partial charge in [0.25, 0.3) is 0 Å². The Bertz CT molecular complexity index is 812. The maximum Gasteiger partial charge on any atom is 0.238 e. The molecule has 1 aliphatic heterocycles. The van der Waals surface area contributed by atoms with Gasteiger partial charge in [-0.2, -0.15) is 0 Å². The Morgan fingerprint density at radius 2 is 1.71 bits per heavy atom. The lowest BCUT2D eigenvalue weighted by molar-refractivity contribution is -0.117. The minimum Gasteiger partial charge on any atom is -0.496 e. The third-order valence-corrected chi connectivity index (χ3v) is 5.45. The second-order valence-electron chi connectivity index (χ2n) is 7.32. The first kappa shape index (κ1) is 20.6. The molecule has 6 heteroatoms. The molecule has 1 aliphatic rings. The Kier molecular flexibility index (Phi) is 6.94. The highest BCUT2D eigenvalue weighted by Crippen LogP contribution is 2.24. The van der Waals surface area contributed by atoms with Crippen LogP contribution >= 0.6 is 11.6 Å². The van der Waals surface area contributed by atoms with Crippen molar-refractivity contribution in [1.82, 2.24) is 9.80 Å². The van der Waals surface area contributed by atoms with Crippen molar-refractivity contribution in [3.63, 3.8) is 0 Å². The number of amides is 1. The van der Waals surface area contributed by atoms with Crippen LogP contribution in [0.4, 0.5) is 5.69 Å².